The maximum Gasteiger partial charge on any atom is 0.334 e. The lowest BCUT2D eigenvalue weighted by Crippen LogP contribution is -2.36. The van der Waals surface area contributed by atoms with Gasteiger partial charge in [-0.2, -0.15) is 0 Å². The quantitative estimate of drug-likeness (QED) is 0.362. The molecule has 5 unspecified atom stereocenters. The Hall–Kier alpha value is -1.66. The Balaban J connectivity index is 1.79. The van der Waals surface area contributed by atoms with E-state index >= 15 is 0 Å². The molecule has 3 rings (SSSR count). The zero-order chi connectivity index (χ0) is 18.4. The number of hydrogen-bond acceptors (Lipinski definition) is 6. The van der Waals surface area contributed by atoms with Gasteiger partial charge in [0.15, 0.2) is 0 Å². The molecule has 2 heterocycles. The molecule has 0 radical (unpaired) electrons. The summed E-state index contributed by atoms with van der Waals surface area (Å²) >= 11 is 0. The zero-order valence-electron chi connectivity index (χ0n) is 15.0. The van der Waals surface area contributed by atoms with E-state index in [2.05, 4.69) is 6.58 Å². The molecule has 0 aromatic rings. The summed E-state index contributed by atoms with van der Waals surface area (Å²) in [5.41, 5.74) is 0.777. The second kappa shape index (κ2) is 6.57. The smallest absolute Gasteiger partial charge is 0.334 e. The minimum atomic E-state index is -0.827. The first-order valence-electron chi connectivity index (χ1n) is 8.83. The Morgan fingerprint density at radius 3 is 2.92 bits per heavy atom. The summed E-state index contributed by atoms with van der Waals surface area (Å²) < 4.78 is 16.5. The Bertz CT molecular complexity index is 621. The van der Waals surface area contributed by atoms with E-state index in [1.807, 2.05) is 13.0 Å². The fourth-order valence-corrected chi connectivity index (χ4v) is 3.67. The van der Waals surface area contributed by atoms with Crippen LogP contribution in [0.4, 0.5) is 0 Å². The SMILES string of the molecule is C=C1C(=O)OC2CC(COC(=O)C(C)C)=CCCC3(C)OC3C(O)C12. The van der Waals surface area contributed by atoms with Crippen LogP contribution in [0.5, 0.6) is 0 Å². The Morgan fingerprint density at radius 1 is 1.52 bits per heavy atom. The minimum Gasteiger partial charge on any atom is -0.461 e. The van der Waals surface area contributed by atoms with Crippen molar-refractivity contribution in [3.63, 3.8) is 0 Å². The third-order valence-electron chi connectivity index (χ3n) is 5.35. The van der Waals surface area contributed by atoms with Gasteiger partial charge in [-0.15, -0.1) is 0 Å². The van der Waals surface area contributed by atoms with Gasteiger partial charge in [-0.3, -0.25) is 4.79 Å². The van der Waals surface area contributed by atoms with Crippen LogP contribution < -0.4 is 0 Å². The molecule has 1 N–H and O–H groups in total. The molecular weight excluding hydrogens is 324 g/mol. The van der Waals surface area contributed by atoms with Gasteiger partial charge in [-0.25, -0.2) is 4.79 Å². The molecular formula is C19H26O6. The molecule has 6 heteroatoms. The van der Waals surface area contributed by atoms with E-state index in [4.69, 9.17) is 14.2 Å². The van der Waals surface area contributed by atoms with Crippen molar-refractivity contribution in [2.75, 3.05) is 6.61 Å². The standard InChI is InChI=1S/C19H26O6/c1-10(2)17(21)23-9-12-6-5-7-19(4)16(25-19)15(20)14-11(3)18(22)24-13(14)8-12/h6,10,13-16,20H,3,5,7-9H2,1-2,4H3. The fraction of sp³-hybridized carbons (Fsp3) is 0.684. The number of carbonyl (C=O) groups excluding carboxylic acids is 2. The number of epoxide rings is 1. The van der Waals surface area contributed by atoms with Gasteiger partial charge in [0.2, 0.25) is 0 Å². The molecule has 0 spiro atoms. The number of hydrogen-bond donors (Lipinski definition) is 1. The molecule has 2 fully saturated rings. The van der Waals surface area contributed by atoms with Crippen molar-refractivity contribution >= 4 is 11.9 Å². The summed E-state index contributed by atoms with van der Waals surface area (Å²) in [6, 6.07) is 0. The second-order valence-corrected chi connectivity index (χ2v) is 7.70. The third-order valence-corrected chi connectivity index (χ3v) is 5.35. The van der Waals surface area contributed by atoms with Crippen LogP contribution in [0.15, 0.2) is 23.8 Å². The number of esters is 2. The van der Waals surface area contributed by atoms with Crippen LogP contribution >= 0.6 is 0 Å². The molecule has 25 heavy (non-hydrogen) atoms. The van der Waals surface area contributed by atoms with Gasteiger partial charge in [-0.1, -0.05) is 26.5 Å². The summed E-state index contributed by atoms with van der Waals surface area (Å²) in [6.07, 6.45) is 2.31. The number of aliphatic hydroxyl groups is 1. The highest BCUT2D eigenvalue weighted by atomic mass is 16.6. The highest BCUT2D eigenvalue weighted by Gasteiger charge is 2.60. The van der Waals surface area contributed by atoms with E-state index in [9.17, 15) is 14.7 Å². The fourth-order valence-electron chi connectivity index (χ4n) is 3.67. The first-order chi connectivity index (χ1) is 11.7. The summed E-state index contributed by atoms with van der Waals surface area (Å²) in [6.45, 7) is 9.49. The van der Waals surface area contributed by atoms with Crippen molar-refractivity contribution in [3.8, 4) is 0 Å². The van der Waals surface area contributed by atoms with E-state index < -0.39 is 29.7 Å². The van der Waals surface area contributed by atoms with Crippen molar-refractivity contribution in [2.45, 2.75) is 63.9 Å². The third kappa shape index (κ3) is 3.51. The van der Waals surface area contributed by atoms with Gasteiger partial charge in [0.25, 0.3) is 0 Å². The van der Waals surface area contributed by atoms with E-state index in [1.54, 1.807) is 13.8 Å². The molecule has 2 aliphatic heterocycles. The molecule has 0 saturated carbocycles. The van der Waals surface area contributed by atoms with Crippen LogP contribution in [-0.4, -0.2) is 47.6 Å². The lowest BCUT2D eigenvalue weighted by Gasteiger charge is -2.25. The molecule has 0 bridgehead atoms. The molecule has 3 aliphatic rings. The lowest BCUT2D eigenvalue weighted by atomic mass is 9.82. The first-order valence-corrected chi connectivity index (χ1v) is 8.83. The normalized spacial score (nSPS) is 37.7. The van der Waals surface area contributed by atoms with Crippen molar-refractivity contribution in [1.29, 1.82) is 0 Å². The van der Waals surface area contributed by atoms with Crippen molar-refractivity contribution < 1.29 is 28.9 Å². The topological polar surface area (TPSA) is 85.4 Å². The van der Waals surface area contributed by atoms with Gasteiger partial charge >= 0.3 is 11.9 Å². The van der Waals surface area contributed by atoms with Crippen LogP contribution in [0.2, 0.25) is 0 Å². The number of aliphatic hydroxyl groups excluding tert-OH is 1. The molecule has 0 aromatic heterocycles. The molecule has 138 valence electrons. The van der Waals surface area contributed by atoms with Crippen molar-refractivity contribution in [3.05, 3.63) is 23.8 Å². The predicted octanol–water partition coefficient (Wildman–Crippen LogP) is 1.91. The van der Waals surface area contributed by atoms with E-state index in [1.165, 1.54) is 0 Å². The predicted molar refractivity (Wildman–Crippen MR) is 89.5 cm³/mol. The Morgan fingerprint density at radius 2 is 2.24 bits per heavy atom. The van der Waals surface area contributed by atoms with E-state index in [0.29, 0.717) is 6.42 Å². The molecule has 2 saturated heterocycles. The second-order valence-electron chi connectivity index (χ2n) is 7.70. The maximum atomic E-state index is 12.0. The van der Waals surface area contributed by atoms with Crippen molar-refractivity contribution in [1.82, 2.24) is 0 Å². The highest BCUT2D eigenvalue weighted by Crippen LogP contribution is 2.48. The minimum absolute atomic E-state index is 0.168. The summed E-state index contributed by atoms with van der Waals surface area (Å²) in [7, 11) is 0. The molecule has 6 nitrogen and oxygen atoms in total. The molecule has 0 aromatic carbocycles. The Labute approximate surface area is 147 Å². The van der Waals surface area contributed by atoms with Crippen LogP contribution in [0.1, 0.15) is 40.0 Å². The molecule has 5 atom stereocenters. The van der Waals surface area contributed by atoms with E-state index in [0.717, 1.165) is 18.4 Å². The Kier molecular flexibility index (Phi) is 4.77. The maximum absolute atomic E-state index is 12.0. The average molecular weight is 350 g/mol. The number of ether oxygens (including phenoxy) is 3. The highest BCUT2D eigenvalue weighted by molar-refractivity contribution is 5.91. The summed E-state index contributed by atoms with van der Waals surface area (Å²) in [4.78, 5) is 23.7. The number of allylic oxidation sites excluding steroid dienone is 1. The van der Waals surface area contributed by atoms with Crippen LogP contribution in [0.3, 0.4) is 0 Å². The molecule has 1 aliphatic carbocycles. The first kappa shape index (κ1) is 18.1. The van der Waals surface area contributed by atoms with Crippen molar-refractivity contribution in [2.24, 2.45) is 11.8 Å². The number of carbonyl (C=O) groups is 2. The monoisotopic (exact) mass is 350 g/mol. The van der Waals surface area contributed by atoms with Crippen LogP contribution in [0, 0.1) is 11.8 Å². The largest absolute Gasteiger partial charge is 0.461 e. The zero-order valence-corrected chi connectivity index (χ0v) is 15.0. The van der Waals surface area contributed by atoms with Crippen LogP contribution in [-0.2, 0) is 23.8 Å². The van der Waals surface area contributed by atoms with E-state index in [-0.39, 0.29) is 30.2 Å². The molecule has 0 amide bonds. The van der Waals surface area contributed by atoms with Gasteiger partial charge in [0.05, 0.1) is 23.5 Å². The van der Waals surface area contributed by atoms with Gasteiger partial charge in [0.1, 0.15) is 18.8 Å². The number of fused-ring (bicyclic) bond motifs is 2. The van der Waals surface area contributed by atoms with Crippen LogP contribution in [0.25, 0.3) is 0 Å². The summed E-state index contributed by atoms with van der Waals surface area (Å²) in [5.74, 6) is -1.44. The van der Waals surface area contributed by atoms with Gasteiger partial charge in [0, 0.05) is 12.0 Å². The van der Waals surface area contributed by atoms with Gasteiger partial charge < -0.3 is 19.3 Å². The average Bonchev–Trinajstić information content (AvgIpc) is 3.14. The number of rotatable bonds is 3. The lowest BCUT2D eigenvalue weighted by molar-refractivity contribution is -0.147. The van der Waals surface area contributed by atoms with Gasteiger partial charge in [-0.05, 0) is 25.3 Å². The summed E-state index contributed by atoms with van der Waals surface area (Å²) in [5, 5.41) is 10.7.